The molecule has 0 spiro atoms. The van der Waals surface area contributed by atoms with E-state index in [1.54, 1.807) is 16.7 Å². The van der Waals surface area contributed by atoms with Gasteiger partial charge in [0, 0.05) is 12.2 Å². The van der Waals surface area contributed by atoms with Crippen LogP contribution in [-0.4, -0.2) is 26.4 Å². The van der Waals surface area contributed by atoms with E-state index in [-0.39, 0.29) is 11.4 Å². The molecule has 0 saturated carbocycles. The van der Waals surface area contributed by atoms with Gasteiger partial charge in [0.25, 0.3) is 0 Å². The lowest BCUT2D eigenvalue weighted by Crippen LogP contribution is -2.15. The van der Waals surface area contributed by atoms with E-state index in [0.717, 1.165) is 23.9 Å². The van der Waals surface area contributed by atoms with E-state index < -0.39 is 22.7 Å². The first-order valence-electron chi connectivity index (χ1n) is 8.06. The second-order valence-electron chi connectivity index (χ2n) is 5.56. The molecule has 2 heterocycles. The Morgan fingerprint density at radius 1 is 1.32 bits per heavy atom. The number of nitrogens with zero attached hydrogens (tertiary/aromatic N) is 3. The van der Waals surface area contributed by atoms with E-state index in [1.165, 1.54) is 12.3 Å². The Morgan fingerprint density at radius 2 is 2.11 bits per heavy atom. The third-order valence-electron chi connectivity index (χ3n) is 3.66. The molecule has 1 N–H and O–H groups in total. The zero-order chi connectivity index (χ0) is 20.3. The molecule has 6 nitrogen and oxygen atoms in total. The van der Waals surface area contributed by atoms with Crippen LogP contribution in [0.15, 0.2) is 46.2 Å². The molecular weight excluding hydrogens is 417 g/mol. The molecule has 0 bridgehead atoms. The normalized spacial score (nSPS) is 11.6. The van der Waals surface area contributed by atoms with Crippen LogP contribution in [0.3, 0.4) is 0 Å². The Hall–Kier alpha value is -2.46. The van der Waals surface area contributed by atoms with Crippen molar-refractivity contribution in [2.45, 2.75) is 24.8 Å². The molecule has 1 aromatic carbocycles. The number of carbonyl (C=O) groups excluding carboxylic acids is 1. The van der Waals surface area contributed by atoms with E-state index in [1.807, 2.05) is 6.92 Å². The number of hydrogen-bond donors (Lipinski definition) is 1. The van der Waals surface area contributed by atoms with E-state index >= 15 is 0 Å². The van der Waals surface area contributed by atoms with Gasteiger partial charge in [0.1, 0.15) is 0 Å². The third-order valence-corrected chi connectivity index (χ3v) is 4.96. The van der Waals surface area contributed by atoms with Gasteiger partial charge in [-0.15, -0.1) is 10.2 Å². The maximum Gasteiger partial charge on any atom is 0.417 e. The van der Waals surface area contributed by atoms with Gasteiger partial charge in [-0.2, -0.15) is 13.2 Å². The first kappa shape index (κ1) is 20.3. The number of alkyl halides is 3. The van der Waals surface area contributed by atoms with Crippen molar-refractivity contribution in [1.29, 1.82) is 0 Å². The third kappa shape index (κ3) is 4.50. The summed E-state index contributed by atoms with van der Waals surface area (Å²) < 4.78 is 45.8. The van der Waals surface area contributed by atoms with Crippen molar-refractivity contribution in [1.82, 2.24) is 14.8 Å². The van der Waals surface area contributed by atoms with Gasteiger partial charge in [-0.3, -0.25) is 9.36 Å². The Kier molecular flexibility index (Phi) is 5.99. The highest BCUT2D eigenvalue weighted by Gasteiger charge is 2.33. The summed E-state index contributed by atoms with van der Waals surface area (Å²) in [4.78, 5) is 12.1. The second kappa shape index (κ2) is 8.27. The monoisotopic (exact) mass is 430 g/mol. The number of amides is 1. The SMILES string of the molecule is CCn1c(SCC(=O)Nc2ccc(Cl)c(C(F)(F)F)c2)nnc1-c1ccco1. The minimum atomic E-state index is -4.60. The number of halogens is 4. The molecule has 0 unspecified atom stereocenters. The average Bonchev–Trinajstić information content (AvgIpc) is 3.29. The number of rotatable bonds is 6. The van der Waals surface area contributed by atoms with Gasteiger partial charge < -0.3 is 9.73 Å². The maximum atomic E-state index is 12.9. The first-order chi connectivity index (χ1) is 13.3. The van der Waals surface area contributed by atoms with Crippen molar-refractivity contribution < 1.29 is 22.4 Å². The largest absolute Gasteiger partial charge is 0.461 e. The van der Waals surface area contributed by atoms with Gasteiger partial charge >= 0.3 is 6.18 Å². The molecular formula is C17H14ClF3N4O2S. The lowest BCUT2D eigenvalue weighted by atomic mass is 10.2. The highest BCUT2D eigenvalue weighted by molar-refractivity contribution is 7.99. The summed E-state index contributed by atoms with van der Waals surface area (Å²) in [6.45, 7) is 2.45. The van der Waals surface area contributed by atoms with Gasteiger partial charge in [0.05, 0.1) is 22.6 Å². The zero-order valence-electron chi connectivity index (χ0n) is 14.5. The van der Waals surface area contributed by atoms with Crippen molar-refractivity contribution in [3.05, 3.63) is 47.2 Å². The quantitative estimate of drug-likeness (QED) is 0.559. The molecule has 0 aliphatic heterocycles. The topological polar surface area (TPSA) is 73.0 Å². The Labute approximate surface area is 167 Å². The van der Waals surface area contributed by atoms with Gasteiger partial charge in [0.15, 0.2) is 16.7 Å². The van der Waals surface area contributed by atoms with Crippen LogP contribution in [0.25, 0.3) is 11.6 Å². The number of carbonyl (C=O) groups is 1. The van der Waals surface area contributed by atoms with Gasteiger partial charge in [-0.1, -0.05) is 23.4 Å². The van der Waals surface area contributed by atoms with Crippen LogP contribution >= 0.6 is 23.4 Å². The zero-order valence-corrected chi connectivity index (χ0v) is 16.0. The summed E-state index contributed by atoms with van der Waals surface area (Å²) in [5.74, 6) is 0.542. The minimum absolute atomic E-state index is 0.00978. The van der Waals surface area contributed by atoms with E-state index in [4.69, 9.17) is 16.0 Å². The molecule has 0 aliphatic rings. The maximum absolute atomic E-state index is 12.9. The number of benzene rings is 1. The predicted molar refractivity (Wildman–Crippen MR) is 99.2 cm³/mol. The van der Waals surface area contributed by atoms with Gasteiger partial charge in [0.2, 0.25) is 5.91 Å². The van der Waals surface area contributed by atoms with Crippen molar-refractivity contribution >= 4 is 35.0 Å². The second-order valence-corrected chi connectivity index (χ2v) is 6.91. The summed E-state index contributed by atoms with van der Waals surface area (Å²) in [6, 6.07) is 6.68. The Balaban J connectivity index is 1.67. The van der Waals surface area contributed by atoms with Crippen LogP contribution < -0.4 is 5.32 Å². The van der Waals surface area contributed by atoms with Crippen molar-refractivity contribution in [3.8, 4) is 11.6 Å². The molecule has 28 heavy (non-hydrogen) atoms. The van der Waals surface area contributed by atoms with E-state index in [9.17, 15) is 18.0 Å². The standard InChI is InChI=1S/C17H14ClF3N4O2S/c1-2-25-15(13-4-3-7-27-13)23-24-16(25)28-9-14(26)22-10-5-6-12(18)11(8-10)17(19,20)21/h3-8H,2,9H2,1H3,(H,22,26). The highest BCUT2D eigenvalue weighted by atomic mass is 35.5. The number of thioether (sulfide) groups is 1. The fourth-order valence-electron chi connectivity index (χ4n) is 2.42. The van der Waals surface area contributed by atoms with Crippen LogP contribution in [0.1, 0.15) is 12.5 Å². The van der Waals surface area contributed by atoms with Crippen LogP contribution in [0.5, 0.6) is 0 Å². The van der Waals surface area contributed by atoms with E-state index in [2.05, 4.69) is 15.5 Å². The van der Waals surface area contributed by atoms with Gasteiger partial charge in [-0.25, -0.2) is 0 Å². The van der Waals surface area contributed by atoms with Crippen LogP contribution in [0.4, 0.5) is 18.9 Å². The molecule has 0 aliphatic carbocycles. The van der Waals surface area contributed by atoms with Crippen LogP contribution in [0, 0.1) is 0 Å². The molecule has 11 heteroatoms. The van der Waals surface area contributed by atoms with E-state index in [0.29, 0.717) is 23.3 Å². The molecule has 0 saturated heterocycles. The smallest absolute Gasteiger partial charge is 0.417 e. The fourth-order valence-corrected chi connectivity index (χ4v) is 3.44. The molecule has 3 aromatic rings. The molecule has 148 valence electrons. The molecule has 0 radical (unpaired) electrons. The van der Waals surface area contributed by atoms with Crippen molar-refractivity contribution in [2.75, 3.05) is 11.1 Å². The lowest BCUT2D eigenvalue weighted by Gasteiger charge is -2.11. The predicted octanol–water partition coefficient (Wildman–Crippen LogP) is 4.96. The number of hydrogen-bond acceptors (Lipinski definition) is 5. The van der Waals surface area contributed by atoms with Crippen molar-refractivity contribution in [2.24, 2.45) is 0 Å². The van der Waals surface area contributed by atoms with Crippen LogP contribution in [0.2, 0.25) is 5.02 Å². The van der Waals surface area contributed by atoms with Gasteiger partial charge in [-0.05, 0) is 37.3 Å². The first-order valence-corrected chi connectivity index (χ1v) is 9.42. The molecule has 2 aromatic heterocycles. The molecule has 0 atom stereocenters. The Bertz CT molecular complexity index is 973. The number of nitrogens with one attached hydrogen (secondary N) is 1. The number of furan rings is 1. The lowest BCUT2D eigenvalue weighted by molar-refractivity contribution is -0.137. The fraction of sp³-hybridized carbons (Fsp3) is 0.235. The number of aromatic nitrogens is 3. The van der Waals surface area contributed by atoms with Crippen molar-refractivity contribution in [3.63, 3.8) is 0 Å². The summed E-state index contributed by atoms with van der Waals surface area (Å²) in [7, 11) is 0. The summed E-state index contributed by atoms with van der Waals surface area (Å²) in [5, 5.41) is 10.6. The molecule has 3 rings (SSSR count). The summed E-state index contributed by atoms with van der Waals surface area (Å²) >= 11 is 6.69. The summed E-state index contributed by atoms with van der Waals surface area (Å²) in [6.07, 6.45) is -3.09. The molecule has 0 fully saturated rings. The average molecular weight is 431 g/mol. The highest BCUT2D eigenvalue weighted by Crippen LogP contribution is 2.36. The Morgan fingerprint density at radius 3 is 2.75 bits per heavy atom. The molecule has 1 amide bonds. The minimum Gasteiger partial charge on any atom is -0.461 e. The summed E-state index contributed by atoms with van der Waals surface area (Å²) in [5.41, 5.74) is -0.996. The van der Waals surface area contributed by atoms with Crippen LogP contribution in [-0.2, 0) is 17.5 Å². The number of anilines is 1.